The predicted molar refractivity (Wildman–Crippen MR) is 83.4 cm³/mol. The van der Waals surface area contributed by atoms with Gasteiger partial charge in [-0.2, -0.15) is 0 Å². The van der Waals surface area contributed by atoms with E-state index >= 15 is 0 Å². The van der Waals surface area contributed by atoms with E-state index in [9.17, 15) is 4.21 Å². The van der Waals surface area contributed by atoms with Crippen molar-refractivity contribution in [1.82, 2.24) is 0 Å². The number of nitrogens with two attached hydrogens (primary N) is 1. The lowest BCUT2D eigenvalue weighted by molar-refractivity contribution is 0.414. The molecule has 3 nitrogen and oxygen atoms in total. The number of nitrogen functional groups attached to an aromatic ring is 1. The Bertz CT molecular complexity index is 653. The fourth-order valence-corrected chi connectivity index (χ4v) is 3.43. The summed E-state index contributed by atoms with van der Waals surface area (Å²) in [6, 6.07) is 11.4. The van der Waals surface area contributed by atoms with Crippen LogP contribution in [-0.2, 0) is 16.6 Å². The molecule has 0 saturated carbocycles. The lowest BCUT2D eigenvalue weighted by Gasteiger charge is -2.09. The minimum Gasteiger partial charge on any atom is -0.497 e. The lowest BCUT2D eigenvalue weighted by atomic mass is 10.2. The summed E-state index contributed by atoms with van der Waals surface area (Å²) in [5.74, 6) is 1.13. The van der Waals surface area contributed by atoms with Gasteiger partial charge < -0.3 is 10.5 Å². The average Bonchev–Trinajstić information content (AvgIpc) is 2.37. The highest BCUT2D eigenvalue weighted by atomic mass is 32.2. The van der Waals surface area contributed by atoms with Gasteiger partial charge in [0.15, 0.2) is 0 Å². The van der Waals surface area contributed by atoms with Crippen LogP contribution in [0.2, 0.25) is 0 Å². The molecule has 0 fully saturated rings. The maximum Gasteiger partial charge on any atom is 0.121 e. The van der Waals surface area contributed by atoms with Gasteiger partial charge in [0.1, 0.15) is 5.75 Å². The Kier molecular flexibility index (Phi) is 4.45. The van der Waals surface area contributed by atoms with E-state index in [2.05, 4.69) is 0 Å². The molecule has 0 saturated heterocycles. The molecule has 106 valence electrons. The zero-order chi connectivity index (χ0) is 14.7. The van der Waals surface area contributed by atoms with Gasteiger partial charge in [-0.05, 0) is 43.2 Å². The SMILES string of the molecule is COc1cc(N)cc(CS(=O)c2ccc(C)cc2C)c1. The summed E-state index contributed by atoms with van der Waals surface area (Å²) in [7, 11) is 0.513. The number of benzene rings is 2. The smallest absolute Gasteiger partial charge is 0.121 e. The van der Waals surface area contributed by atoms with Gasteiger partial charge in [0.25, 0.3) is 0 Å². The van der Waals surface area contributed by atoms with E-state index in [1.54, 1.807) is 13.2 Å². The second kappa shape index (κ2) is 6.09. The van der Waals surface area contributed by atoms with E-state index in [0.717, 1.165) is 16.0 Å². The van der Waals surface area contributed by atoms with Crippen molar-refractivity contribution in [3.8, 4) is 5.75 Å². The number of hydrogen-bond donors (Lipinski definition) is 1. The Morgan fingerprint density at radius 1 is 1.15 bits per heavy atom. The molecule has 1 unspecified atom stereocenters. The summed E-state index contributed by atoms with van der Waals surface area (Å²) in [6.45, 7) is 4.02. The highest BCUT2D eigenvalue weighted by Crippen LogP contribution is 2.22. The van der Waals surface area contributed by atoms with Crippen molar-refractivity contribution >= 4 is 16.5 Å². The Morgan fingerprint density at radius 3 is 2.55 bits per heavy atom. The maximum atomic E-state index is 12.5. The van der Waals surface area contributed by atoms with Crippen molar-refractivity contribution in [1.29, 1.82) is 0 Å². The van der Waals surface area contributed by atoms with Crippen molar-refractivity contribution < 1.29 is 8.95 Å². The van der Waals surface area contributed by atoms with Crippen LogP contribution >= 0.6 is 0 Å². The van der Waals surface area contributed by atoms with Crippen LogP contribution in [0.3, 0.4) is 0 Å². The zero-order valence-electron chi connectivity index (χ0n) is 12.0. The first-order chi connectivity index (χ1) is 9.49. The Hall–Kier alpha value is -1.81. The molecule has 20 heavy (non-hydrogen) atoms. The van der Waals surface area contributed by atoms with Gasteiger partial charge >= 0.3 is 0 Å². The number of anilines is 1. The molecule has 0 amide bonds. The van der Waals surface area contributed by atoms with Crippen molar-refractivity contribution in [3.05, 3.63) is 53.1 Å². The number of ether oxygens (including phenoxy) is 1. The van der Waals surface area contributed by atoms with Crippen LogP contribution in [0.4, 0.5) is 5.69 Å². The van der Waals surface area contributed by atoms with Crippen LogP contribution in [0.5, 0.6) is 5.75 Å². The predicted octanol–water partition coefficient (Wildman–Crippen LogP) is 3.20. The number of methoxy groups -OCH3 is 1. The molecule has 0 aromatic heterocycles. The van der Waals surface area contributed by atoms with Gasteiger partial charge in [0.05, 0.1) is 23.7 Å². The van der Waals surface area contributed by atoms with Crippen LogP contribution in [0.15, 0.2) is 41.3 Å². The van der Waals surface area contributed by atoms with Gasteiger partial charge in [-0.1, -0.05) is 17.7 Å². The molecule has 0 heterocycles. The number of aryl methyl sites for hydroxylation is 2. The Labute approximate surface area is 122 Å². The number of rotatable bonds is 4. The van der Waals surface area contributed by atoms with E-state index < -0.39 is 10.8 Å². The summed E-state index contributed by atoms with van der Waals surface area (Å²) in [4.78, 5) is 0.872. The molecule has 0 bridgehead atoms. The normalized spacial score (nSPS) is 12.2. The minimum atomic E-state index is -1.08. The van der Waals surface area contributed by atoms with E-state index in [1.807, 2.05) is 44.2 Å². The van der Waals surface area contributed by atoms with E-state index in [0.29, 0.717) is 17.2 Å². The topological polar surface area (TPSA) is 52.3 Å². The highest BCUT2D eigenvalue weighted by Gasteiger charge is 2.09. The minimum absolute atomic E-state index is 0.436. The first kappa shape index (κ1) is 14.6. The summed E-state index contributed by atoms with van der Waals surface area (Å²) in [5, 5.41) is 0. The highest BCUT2D eigenvalue weighted by molar-refractivity contribution is 7.84. The molecule has 1 atom stereocenters. The van der Waals surface area contributed by atoms with Gasteiger partial charge in [-0.25, -0.2) is 0 Å². The molecule has 0 aliphatic heterocycles. The van der Waals surface area contributed by atoms with Gasteiger partial charge in [-0.15, -0.1) is 0 Å². The number of hydrogen-bond acceptors (Lipinski definition) is 3. The molecular formula is C16H19NO2S. The zero-order valence-corrected chi connectivity index (χ0v) is 12.8. The lowest BCUT2D eigenvalue weighted by Crippen LogP contribution is -2.00. The van der Waals surface area contributed by atoms with Crippen molar-refractivity contribution in [2.45, 2.75) is 24.5 Å². The maximum absolute atomic E-state index is 12.5. The molecule has 2 rings (SSSR count). The van der Waals surface area contributed by atoms with Crippen molar-refractivity contribution in [3.63, 3.8) is 0 Å². The molecule has 2 aromatic rings. The summed E-state index contributed by atoms with van der Waals surface area (Å²) in [5.41, 5.74) is 9.59. The third-order valence-electron chi connectivity index (χ3n) is 3.10. The first-order valence-electron chi connectivity index (χ1n) is 6.38. The third-order valence-corrected chi connectivity index (χ3v) is 4.64. The largest absolute Gasteiger partial charge is 0.497 e. The molecule has 0 spiro atoms. The molecule has 2 aromatic carbocycles. The van der Waals surface area contributed by atoms with Crippen LogP contribution in [-0.4, -0.2) is 11.3 Å². The van der Waals surface area contributed by atoms with Gasteiger partial charge in [0, 0.05) is 16.6 Å². The second-order valence-electron chi connectivity index (χ2n) is 4.87. The summed E-state index contributed by atoms with van der Waals surface area (Å²) >= 11 is 0. The van der Waals surface area contributed by atoms with Gasteiger partial charge in [-0.3, -0.25) is 4.21 Å². The Morgan fingerprint density at radius 2 is 1.90 bits per heavy atom. The van der Waals surface area contributed by atoms with Crippen LogP contribution in [0, 0.1) is 13.8 Å². The standard InChI is InChI=1S/C16H19NO2S/c1-11-4-5-16(12(2)6-11)20(18)10-13-7-14(17)9-15(8-13)19-3/h4-9H,10,17H2,1-3H3. The van der Waals surface area contributed by atoms with Crippen molar-refractivity contribution in [2.75, 3.05) is 12.8 Å². The monoisotopic (exact) mass is 289 g/mol. The Balaban J connectivity index is 2.25. The van der Waals surface area contributed by atoms with E-state index in [-0.39, 0.29) is 0 Å². The van der Waals surface area contributed by atoms with Crippen LogP contribution in [0.25, 0.3) is 0 Å². The van der Waals surface area contributed by atoms with Crippen LogP contribution in [0.1, 0.15) is 16.7 Å². The van der Waals surface area contributed by atoms with Crippen molar-refractivity contribution in [2.24, 2.45) is 0 Å². The molecular weight excluding hydrogens is 270 g/mol. The van der Waals surface area contributed by atoms with Crippen LogP contribution < -0.4 is 10.5 Å². The molecule has 4 heteroatoms. The molecule has 0 aliphatic carbocycles. The molecule has 0 radical (unpaired) electrons. The quantitative estimate of drug-likeness (QED) is 0.879. The second-order valence-corrected chi connectivity index (χ2v) is 6.29. The molecule has 0 aliphatic rings. The fourth-order valence-electron chi connectivity index (χ4n) is 2.17. The van der Waals surface area contributed by atoms with E-state index in [1.165, 1.54) is 5.56 Å². The summed E-state index contributed by atoms with van der Waals surface area (Å²) < 4.78 is 17.7. The molecule has 2 N–H and O–H groups in total. The first-order valence-corrected chi connectivity index (χ1v) is 7.70. The van der Waals surface area contributed by atoms with Gasteiger partial charge in [0.2, 0.25) is 0 Å². The fraction of sp³-hybridized carbons (Fsp3) is 0.250. The summed E-state index contributed by atoms with van der Waals surface area (Å²) in [6.07, 6.45) is 0. The van der Waals surface area contributed by atoms with E-state index in [4.69, 9.17) is 10.5 Å². The third kappa shape index (κ3) is 3.39. The average molecular weight is 289 g/mol.